The monoisotopic (exact) mass is 696 g/mol. The van der Waals surface area contributed by atoms with Gasteiger partial charge in [-0.1, -0.05) is 146 Å². The first-order valence-electron chi connectivity index (χ1n) is 14.9. The van der Waals surface area contributed by atoms with Crippen LogP contribution < -0.4 is 31.2 Å². The van der Waals surface area contributed by atoms with Crippen LogP contribution in [0.3, 0.4) is 0 Å². The van der Waals surface area contributed by atoms with Crippen LogP contribution in [0.1, 0.15) is 11.4 Å². The van der Waals surface area contributed by atoms with E-state index in [0.717, 1.165) is 32.6 Å². The molecule has 0 amide bonds. The van der Waals surface area contributed by atoms with Gasteiger partial charge in [0.05, 0.1) is 0 Å². The number of benzene rings is 4. The van der Waals surface area contributed by atoms with Crippen molar-refractivity contribution in [3.63, 3.8) is 0 Å². The fraction of sp³-hybridized carbons (Fsp3) is 0.158. The summed E-state index contributed by atoms with van der Waals surface area (Å²) in [6, 6.07) is 46.4. The van der Waals surface area contributed by atoms with Gasteiger partial charge in [-0.3, -0.25) is 0 Å². The largest absolute Gasteiger partial charge is 4.00 e. The Balaban J connectivity index is 0.000000275. The molecule has 0 atom stereocenters. The van der Waals surface area contributed by atoms with Crippen molar-refractivity contribution >= 4 is 35.5 Å². The zero-order valence-corrected chi connectivity index (χ0v) is 30.8. The molecule has 0 aliphatic carbocycles. The van der Waals surface area contributed by atoms with Gasteiger partial charge in [0.1, 0.15) is 14.3 Å². The van der Waals surface area contributed by atoms with Crippen LogP contribution in [0.4, 0.5) is 0 Å². The molecule has 0 saturated heterocycles. The Kier molecular flexibility index (Phi) is 18.1. The Hall–Kier alpha value is -3.47. The zero-order chi connectivity index (χ0) is 33.1. The van der Waals surface area contributed by atoms with Crippen molar-refractivity contribution in [2.75, 3.05) is 28.2 Å². The first-order chi connectivity index (χ1) is 22.4. The van der Waals surface area contributed by atoms with Crippen LogP contribution in [0, 0.1) is 0 Å². The summed E-state index contributed by atoms with van der Waals surface area (Å²) in [7, 11) is 1.65. The summed E-state index contributed by atoms with van der Waals surface area (Å²) in [5.41, 5.74) is 1.75. The van der Waals surface area contributed by atoms with E-state index in [1.165, 1.54) is 0 Å². The fourth-order valence-electron chi connectivity index (χ4n) is 4.65. The maximum atomic E-state index is 13.6. The predicted molar refractivity (Wildman–Crippen MR) is 197 cm³/mol. The number of nitrogens with zero attached hydrogens (tertiary/aromatic N) is 4. The number of hydrogen-bond donors (Lipinski definition) is 0. The van der Waals surface area contributed by atoms with E-state index in [9.17, 15) is 9.13 Å². The number of aromatic nitrogens is 2. The molecule has 0 N–H and O–H groups in total. The van der Waals surface area contributed by atoms with E-state index in [0.29, 0.717) is 12.3 Å². The van der Waals surface area contributed by atoms with Gasteiger partial charge in [-0.25, -0.2) is 0 Å². The second-order valence-corrected chi connectivity index (χ2v) is 15.9. The second-order valence-electron chi connectivity index (χ2n) is 10.3. The average Bonchev–Trinajstić information content (AvgIpc) is 3.82. The summed E-state index contributed by atoms with van der Waals surface area (Å²) in [5, 5.41) is 10.5. The van der Waals surface area contributed by atoms with E-state index in [1.54, 1.807) is 40.6 Å². The van der Waals surface area contributed by atoms with Gasteiger partial charge in [-0.15, -0.1) is 0 Å². The molecule has 240 valence electrons. The molecule has 0 saturated carbocycles. The summed E-state index contributed by atoms with van der Waals surface area (Å²) in [6.07, 6.45) is 4.42. The van der Waals surface area contributed by atoms with Crippen LogP contribution in [0.25, 0.3) is 10.6 Å². The molecule has 0 unspecified atom stereocenters. The minimum atomic E-state index is -2.68. The van der Waals surface area contributed by atoms with Crippen molar-refractivity contribution in [1.29, 1.82) is 0 Å². The Morgan fingerprint density at radius 3 is 0.851 bits per heavy atom. The van der Waals surface area contributed by atoms with Gasteiger partial charge in [-0.05, 0) is 0 Å². The molecular weight excluding hydrogens is 654 g/mol. The predicted octanol–water partition coefficient (Wildman–Crippen LogP) is 7.55. The minimum absolute atomic E-state index is 0. The van der Waals surface area contributed by atoms with E-state index < -0.39 is 14.3 Å². The molecule has 9 heteroatoms. The van der Waals surface area contributed by atoms with Gasteiger partial charge < -0.3 is 29.7 Å². The molecule has 6 nitrogen and oxygen atoms in total. The summed E-state index contributed by atoms with van der Waals surface area (Å²) in [5.74, 6) is 0. The minimum Gasteiger partial charge on any atom is -0.668 e. The van der Waals surface area contributed by atoms with Crippen molar-refractivity contribution in [3.8, 4) is 0 Å². The molecule has 2 aromatic heterocycles. The van der Waals surface area contributed by atoms with Crippen LogP contribution in [0.2, 0.25) is 0 Å². The maximum Gasteiger partial charge on any atom is 4.00 e. The molecule has 4 aromatic carbocycles. The smallest absolute Gasteiger partial charge is 0.668 e. The van der Waals surface area contributed by atoms with Crippen molar-refractivity contribution < 1.29 is 30.8 Å². The Labute approximate surface area is 295 Å². The molecule has 0 radical (unpaired) electrons. The summed E-state index contributed by atoms with van der Waals surface area (Å²) >= 11 is 0. The third-order valence-electron chi connectivity index (χ3n) is 6.69. The van der Waals surface area contributed by atoms with Crippen LogP contribution >= 0.6 is 14.3 Å². The Bertz CT molecular complexity index is 1500. The average molecular weight is 697 g/mol. The summed E-state index contributed by atoms with van der Waals surface area (Å²) < 4.78 is 27.3. The molecular formula is C38H42N4O2P2Ti. The van der Waals surface area contributed by atoms with E-state index in [-0.39, 0.29) is 21.7 Å². The standard InChI is InChI=1S/2C17H15NOP.2C2H6N.Ti/c2*19-20(14-15-8-7-13-18-15,16-9-3-1-4-10-16)17-11-5-2-6-12-17;2*1-3-2;/h2*1-13H,14H2;2*1-2H3;/q4*-1;+4. The fourth-order valence-corrected chi connectivity index (χ4v) is 9.88. The van der Waals surface area contributed by atoms with Crippen molar-refractivity contribution in [3.05, 3.63) is 180 Å². The van der Waals surface area contributed by atoms with Gasteiger partial charge in [-0.2, -0.15) is 52.0 Å². The number of hydrogen-bond acceptors (Lipinski definition) is 2. The van der Waals surface area contributed by atoms with Gasteiger partial charge >= 0.3 is 21.7 Å². The number of rotatable bonds is 8. The second kappa shape index (κ2) is 21.4. The molecule has 0 fully saturated rings. The molecule has 6 rings (SSSR count). The van der Waals surface area contributed by atoms with E-state index >= 15 is 0 Å². The molecule has 0 aliphatic rings. The van der Waals surface area contributed by atoms with Gasteiger partial charge in [0.2, 0.25) is 0 Å². The summed E-state index contributed by atoms with van der Waals surface area (Å²) in [4.78, 5) is 8.56. The van der Waals surface area contributed by atoms with Crippen LogP contribution in [-0.2, 0) is 43.2 Å². The van der Waals surface area contributed by atoms with E-state index in [4.69, 9.17) is 0 Å². The SMILES string of the molecule is C[N-]C.C[N-]C.O=P(Cc1ccc[n-]1)(c1ccccc1)c1ccccc1.O=P(Cc1ccc[n-]1)(c1ccccc1)c1ccccc1.[Ti+4]. The third-order valence-corrected chi connectivity index (χ3v) is 12.8. The maximum absolute atomic E-state index is 13.6. The Morgan fingerprint density at radius 1 is 0.426 bits per heavy atom. The van der Waals surface area contributed by atoms with Gasteiger partial charge in [0, 0.05) is 33.5 Å². The van der Waals surface area contributed by atoms with Crippen LogP contribution in [0.15, 0.2) is 158 Å². The molecule has 6 aromatic rings. The molecule has 0 spiro atoms. The molecule has 0 aliphatic heterocycles. The molecule has 2 heterocycles. The van der Waals surface area contributed by atoms with Gasteiger partial charge in [0.25, 0.3) is 0 Å². The van der Waals surface area contributed by atoms with Crippen molar-refractivity contribution in [1.82, 2.24) is 9.97 Å². The van der Waals surface area contributed by atoms with Crippen molar-refractivity contribution in [2.24, 2.45) is 0 Å². The third kappa shape index (κ3) is 11.9. The first-order valence-corrected chi connectivity index (χ1v) is 18.7. The topological polar surface area (TPSA) is 90.5 Å². The molecule has 0 bridgehead atoms. The van der Waals surface area contributed by atoms with Crippen LogP contribution in [0.5, 0.6) is 0 Å². The van der Waals surface area contributed by atoms with E-state index in [1.807, 2.05) is 146 Å². The summed E-state index contributed by atoms with van der Waals surface area (Å²) in [6.45, 7) is 0. The van der Waals surface area contributed by atoms with E-state index in [2.05, 4.69) is 20.6 Å². The Morgan fingerprint density at radius 2 is 0.660 bits per heavy atom. The quantitative estimate of drug-likeness (QED) is 0.121. The first kappa shape index (κ1) is 39.7. The zero-order valence-electron chi connectivity index (χ0n) is 27.4. The van der Waals surface area contributed by atoms with Gasteiger partial charge in [0.15, 0.2) is 0 Å². The normalized spacial score (nSPS) is 10.5. The van der Waals surface area contributed by atoms with Crippen molar-refractivity contribution in [2.45, 2.75) is 12.3 Å². The molecule has 47 heavy (non-hydrogen) atoms. The van der Waals surface area contributed by atoms with Crippen LogP contribution in [-0.4, -0.2) is 28.2 Å².